The average molecular weight is 313 g/mol. The van der Waals surface area contributed by atoms with Crippen molar-refractivity contribution >= 4 is 0 Å². The molecule has 0 radical (unpaired) electrons. The number of rotatable bonds is 4. The lowest BCUT2D eigenvalue weighted by atomic mass is 9.99. The van der Waals surface area contributed by atoms with Gasteiger partial charge in [0.2, 0.25) is 0 Å². The highest BCUT2D eigenvalue weighted by atomic mass is 16.5. The summed E-state index contributed by atoms with van der Waals surface area (Å²) >= 11 is 0. The summed E-state index contributed by atoms with van der Waals surface area (Å²) in [5.41, 5.74) is 3.05. The Morgan fingerprint density at radius 3 is 2.43 bits per heavy atom. The van der Waals surface area contributed by atoms with Gasteiger partial charge in [-0.2, -0.15) is 0 Å². The Balaban J connectivity index is 1.81. The second kappa shape index (κ2) is 7.02. The number of hydrogen-bond acceptors (Lipinski definition) is 4. The minimum Gasteiger partial charge on any atom is -0.507 e. The lowest BCUT2D eigenvalue weighted by Crippen LogP contribution is -2.37. The van der Waals surface area contributed by atoms with E-state index >= 15 is 0 Å². The minimum absolute atomic E-state index is 0.264. The molecule has 1 atom stereocenters. The van der Waals surface area contributed by atoms with Crippen molar-refractivity contribution in [2.75, 3.05) is 33.4 Å². The molecule has 0 bridgehead atoms. The first-order valence-electron chi connectivity index (χ1n) is 7.98. The predicted octanol–water partition coefficient (Wildman–Crippen LogP) is 3.46. The fourth-order valence-electron chi connectivity index (χ4n) is 2.99. The maximum absolute atomic E-state index is 10.1. The van der Waals surface area contributed by atoms with Crippen molar-refractivity contribution in [1.82, 2.24) is 4.90 Å². The zero-order valence-corrected chi connectivity index (χ0v) is 13.7. The molecular weight excluding hydrogens is 290 g/mol. The number of morpholine rings is 1. The summed E-state index contributed by atoms with van der Waals surface area (Å²) in [4.78, 5) is 2.43. The highest BCUT2D eigenvalue weighted by Gasteiger charge is 2.18. The zero-order valence-electron chi connectivity index (χ0n) is 13.7. The Hall–Kier alpha value is -2.04. The lowest BCUT2D eigenvalue weighted by molar-refractivity contribution is 0.0198. The van der Waals surface area contributed by atoms with E-state index < -0.39 is 0 Å². The molecule has 0 aliphatic carbocycles. The van der Waals surface area contributed by atoms with E-state index in [-0.39, 0.29) is 5.75 Å². The molecule has 0 unspecified atom stereocenters. The standard InChI is InChI=1S/C19H23NO3/c1-14(20-9-11-23-12-10-20)15-3-5-16(6-4-15)18-13-17(22-2)7-8-19(18)21/h3-8,13-14,21H,9-12H2,1-2H3/t14-/m0/s1. The largest absolute Gasteiger partial charge is 0.507 e. The molecule has 0 amide bonds. The molecule has 1 fully saturated rings. The van der Waals surface area contributed by atoms with Gasteiger partial charge in [-0.1, -0.05) is 24.3 Å². The van der Waals surface area contributed by atoms with Gasteiger partial charge in [0.25, 0.3) is 0 Å². The molecule has 122 valence electrons. The maximum atomic E-state index is 10.1. The van der Waals surface area contributed by atoms with Crippen molar-refractivity contribution in [2.24, 2.45) is 0 Å². The Kier molecular flexibility index (Phi) is 4.84. The molecule has 23 heavy (non-hydrogen) atoms. The van der Waals surface area contributed by atoms with Crippen molar-refractivity contribution in [3.63, 3.8) is 0 Å². The minimum atomic E-state index is 0.264. The van der Waals surface area contributed by atoms with E-state index in [2.05, 4.69) is 36.1 Å². The van der Waals surface area contributed by atoms with Crippen molar-refractivity contribution in [3.05, 3.63) is 48.0 Å². The van der Waals surface area contributed by atoms with E-state index in [4.69, 9.17) is 9.47 Å². The van der Waals surface area contributed by atoms with Gasteiger partial charge in [0.05, 0.1) is 20.3 Å². The second-order valence-corrected chi connectivity index (χ2v) is 5.83. The van der Waals surface area contributed by atoms with E-state index in [0.29, 0.717) is 6.04 Å². The quantitative estimate of drug-likeness (QED) is 0.938. The van der Waals surface area contributed by atoms with Crippen molar-refractivity contribution < 1.29 is 14.6 Å². The number of phenolic OH excluding ortho intramolecular Hbond substituents is 1. The molecule has 1 aliphatic heterocycles. The topological polar surface area (TPSA) is 41.9 Å². The molecule has 4 nitrogen and oxygen atoms in total. The summed E-state index contributed by atoms with van der Waals surface area (Å²) < 4.78 is 10.7. The first-order chi connectivity index (χ1) is 11.2. The van der Waals surface area contributed by atoms with Gasteiger partial charge in [0.15, 0.2) is 0 Å². The van der Waals surface area contributed by atoms with E-state index in [1.807, 2.05) is 6.07 Å². The van der Waals surface area contributed by atoms with Crippen LogP contribution in [0, 0.1) is 0 Å². The SMILES string of the molecule is COc1ccc(O)c(-c2ccc([C@H](C)N3CCOCC3)cc2)c1. The normalized spacial score (nSPS) is 17.0. The molecule has 4 heteroatoms. The van der Waals surface area contributed by atoms with Gasteiger partial charge in [-0.05, 0) is 36.2 Å². The van der Waals surface area contributed by atoms with E-state index in [9.17, 15) is 5.11 Å². The van der Waals surface area contributed by atoms with E-state index in [1.54, 1.807) is 19.2 Å². The van der Waals surface area contributed by atoms with Gasteiger partial charge >= 0.3 is 0 Å². The van der Waals surface area contributed by atoms with Gasteiger partial charge in [-0.15, -0.1) is 0 Å². The first-order valence-corrected chi connectivity index (χ1v) is 7.98. The molecule has 0 aromatic heterocycles. The number of benzene rings is 2. The van der Waals surface area contributed by atoms with Gasteiger partial charge < -0.3 is 14.6 Å². The smallest absolute Gasteiger partial charge is 0.123 e. The van der Waals surface area contributed by atoms with Crippen molar-refractivity contribution in [1.29, 1.82) is 0 Å². The number of aromatic hydroxyl groups is 1. The van der Waals surface area contributed by atoms with Crippen molar-refractivity contribution in [3.8, 4) is 22.6 Å². The highest BCUT2D eigenvalue weighted by molar-refractivity contribution is 5.71. The summed E-state index contributed by atoms with van der Waals surface area (Å²) in [6.07, 6.45) is 0. The third-order valence-electron chi connectivity index (χ3n) is 4.50. The summed E-state index contributed by atoms with van der Waals surface area (Å²) in [7, 11) is 1.63. The Morgan fingerprint density at radius 1 is 1.09 bits per heavy atom. The Bertz CT molecular complexity index is 648. The van der Waals surface area contributed by atoms with E-state index in [0.717, 1.165) is 43.2 Å². The second-order valence-electron chi connectivity index (χ2n) is 5.83. The molecule has 1 heterocycles. The first kappa shape index (κ1) is 15.8. The van der Waals surface area contributed by atoms with Crippen molar-refractivity contribution in [2.45, 2.75) is 13.0 Å². The Labute approximate surface area is 137 Å². The third kappa shape index (κ3) is 3.49. The number of nitrogens with zero attached hydrogens (tertiary/aromatic N) is 1. The summed E-state index contributed by atoms with van der Waals surface area (Å²) in [5.74, 6) is 1.00. The fraction of sp³-hybridized carbons (Fsp3) is 0.368. The summed E-state index contributed by atoms with van der Waals surface area (Å²) in [5, 5.41) is 10.1. The Morgan fingerprint density at radius 2 is 1.78 bits per heavy atom. The van der Waals surface area contributed by atoms with Crippen LogP contribution in [0.1, 0.15) is 18.5 Å². The molecule has 2 aromatic carbocycles. The molecule has 0 spiro atoms. The third-order valence-corrected chi connectivity index (χ3v) is 4.50. The summed E-state index contributed by atoms with van der Waals surface area (Å²) in [6, 6.07) is 14.0. The molecular formula is C19H23NO3. The molecule has 2 aromatic rings. The van der Waals surface area contributed by atoms with Crippen LogP contribution < -0.4 is 4.74 Å². The summed E-state index contributed by atoms with van der Waals surface area (Å²) in [6.45, 7) is 5.78. The number of hydrogen-bond donors (Lipinski definition) is 1. The molecule has 1 aliphatic rings. The van der Waals surface area contributed by atoms with Crippen LogP contribution in [0.5, 0.6) is 11.5 Å². The molecule has 1 N–H and O–H groups in total. The van der Waals surface area contributed by atoms with Crippen LogP contribution in [0.15, 0.2) is 42.5 Å². The van der Waals surface area contributed by atoms with Crippen LogP contribution in [-0.4, -0.2) is 43.4 Å². The van der Waals surface area contributed by atoms with E-state index in [1.165, 1.54) is 5.56 Å². The van der Waals surface area contributed by atoms with Crippen LogP contribution in [0.3, 0.4) is 0 Å². The van der Waals surface area contributed by atoms with Gasteiger partial charge in [0.1, 0.15) is 11.5 Å². The van der Waals surface area contributed by atoms with Crippen LogP contribution in [0.2, 0.25) is 0 Å². The molecule has 0 saturated carbocycles. The van der Waals surface area contributed by atoms with Crippen LogP contribution in [-0.2, 0) is 4.74 Å². The molecule has 1 saturated heterocycles. The van der Waals surface area contributed by atoms with Gasteiger partial charge in [-0.3, -0.25) is 4.90 Å². The predicted molar refractivity (Wildman–Crippen MR) is 90.9 cm³/mol. The zero-order chi connectivity index (χ0) is 16.2. The van der Waals surface area contributed by atoms with Crippen LogP contribution >= 0.6 is 0 Å². The monoisotopic (exact) mass is 313 g/mol. The maximum Gasteiger partial charge on any atom is 0.123 e. The molecule has 3 rings (SSSR count). The van der Waals surface area contributed by atoms with Gasteiger partial charge in [-0.25, -0.2) is 0 Å². The fourth-order valence-corrected chi connectivity index (χ4v) is 2.99. The average Bonchev–Trinajstić information content (AvgIpc) is 2.62. The highest BCUT2D eigenvalue weighted by Crippen LogP contribution is 2.33. The number of phenols is 1. The van der Waals surface area contributed by atoms with Crippen LogP contribution in [0.25, 0.3) is 11.1 Å². The van der Waals surface area contributed by atoms with Gasteiger partial charge in [0, 0.05) is 24.7 Å². The number of methoxy groups -OCH3 is 1. The number of ether oxygens (including phenoxy) is 2. The van der Waals surface area contributed by atoms with Crippen LogP contribution in [0.4, 0.5) is 0 Å². The lowest BCUT2D eigenvalue weighted by Gasteiger charge is -2.32.